The van der Waals surface area contributed by atoms with Gasteiger partial charge in [-0.3, -0.25) is 4.72 Å². The van der Waals surface area contributed by atoms with Gasteiger partial charge in [0, 0.05) is 5.69 Å². The number of nitrogens with one attached hydrogen (secondary N) is 1. The molecule has 112 valence electrons. The van der Waals surface area contributed by atoms with Crippen molar-refractivity contribution in [3.63, 3.8) is 0 Å². The third kappa shape index (κ3) is 3.42. The van der Waals surface area contributed by atoms with Gasteiger partial charge >= 0.3 is 5.97 Å². The third-order valence-corrected chi connectivity index (χ3v) is 4.21. The maximum Gasteiger partial charge on any atom is 0.337 e. The van der Waals surface area contributed by atoms with Crippen LogP contribution in [0.2, 0.25) is 0 Å². The van der Waals surface area contributed by atoms with Crippen LogP contribution in [0.5, 0.6) is 0 Å². The Hall–Kier alpha value is -2.85. The van der Waals surface area contributed by atoms with Gasteiger partial charge in [-0.2, -0.15) is 5.26 Å². The van der Waals surface area contributed by atoms with Gasteiger partial charge in [0.15, 0.2) is 0 Å². The number of hydrogen-bond acceptors (Lipinski definition) is 5. The lowest BCUT2D eigenvalue weighted by molar-refractivity contribution is 0.0600. The molecule has 0 aliphatic rings. The average Bonchev–Trinajstić information content (AvgIpc) is 2.54. The number of anilines is 1. The number of esters is 1. The fourth-order valence-electron chi connectivity index (χ4n) is 1.73. The van der Waals surface area contributed by atoms with Crippen LogP contribution in [0.15, 0.2) is 53.4 Å². The molecule has 2 rings (SSSR count). The van der Waals surface area contributed by atoms with Crippen LogP contribution in [0.25, 0.3) is 0 Å². The van der Waals surface area contributed by atoms with E-state index in [1.807, 2.05) is 6.07 Å². The highest BCUT2D eigenvalue weighted by atomic mass is 32.2. The Kier molecular flexibility index (Phi) is 4.44. The quantitative estimate of drug-likeness (QED) is 0.872. The normalized spacial score (nSPS) is 10.5. The molecule has 0 radical (unpaired) electrons. The highest BCUT2D eigenvalue weighted by Crippen LogP contribution is 2.18. The Morgan fingerprint density at radius 2 is 1.86 bits per heavy atom. The molecular formula is C15H12N2O4S. The van der Waals surface area contributed by atoms with Crippen LogP contribution in [0.4, 0.5) is 5.69 Å². The number of sulfonamides is 1. The summed E-state index contributed by atoms with van der Waals surface area (Å²) in [7, 11) is -2.62. The molecular weight excluding hydrogens is 304 g/mol. The van der Waals surface area contributed by atoms with Crippen LogP contribution in [-0.2, 0) is 14.8 Å². The summed E-state index contributed by atoms with van der Waals surface area (Å²) in [6.45, 7) is 0. The zero-order chi connectivity index (χ0) is 16.2. The van der Waals surface area contributed by atoms with Crippen molar-refractivity contribution in [1.82, 2.24) is 0 Å². The fraction of sp³-hybridized carbons (Fsp3) is 0.0667. The minimum absolute atomic E-state index is 0.0558. The summed E-state index contributed by atoms with van der Waals surface area (Å²) in [5.74, 6) is -0.615. The van der Waals surface area contributed by atoms with Gasteiger partial charge in [0.1, 0.15) is 0 Å². The van der Waals surface area contributed by atoms with Crippen molar-refractivity contribution in [2.24, 2.45) is 0 Å². The van der Waals surface area contributed by atoms with Crippen molar-refractivity contribution < 1.29 is 17.9 Å². The third-order valence-electron chi connectivity index (χ3n) is 2.83. The Balaban J connectivity index is 2.30. The highest BCUT2D eigenvalue weighted by molar-refractivity contribution is 7.92. The average molecular weight is 316 g/mol. The Morgan fingerprint density at radius 1 is 1.18 bits per heavy atom. The molecule has 0 aliphatic heterocycles. The summed E-state index contributed by atoms with van der Waals surface area (Å²) in [6, 6.07) is 13.5. The maximum absolute atomic E-state index is 12.3. The van der Waals surface area contributed by atoms with E-state index in [-0.39, 0.29) is 10.5 Å². The molecule has 0 saturated carbocycles. The van der Waals surface area contributed by atoms with Gasteiger partial charge in [0.05, 0.1) is 29.2 Å². The fourth-order valence-corrected chi connectivity index (χ4v) is 2.84. The molecule has 0 aromatic heterocycles. The topological polar surface area (TPSA) is 96.3 Å². The standard InChI is InChI=1S/C15H12N2O4S/c1-21-15(18)12-3-2-4-14(9-12)22(19,20)17-13-7-5-11(10-16)6-8-13/h2-9,17H,1H3. The molecule has 2 aromatic carbocycles. The van der Waals surface area contributed by atoms with E-state index in [2.05, 4.69) is 9.46 Å². The number of nitriles is 1. The molecule has 22 heavy (non-hydrogen) atoms. The van der Waals surface area contributed by atoms with E-state index in [1.54, 1.807) is 0 Å². The predicted octanol–water partition coefficient (Wildman–Crippen LogP) is 2.15. The van der Waals surface area contributed by atoms with E-state index in [1.165, 1.54) is 55.6 Å². The lowest BCUT2D eigenvalue weighted by Gasteiger charge is -2.09. The van der Waals surface area contributed by atoms with Gasteiger partial charge in [-0.25, -0.2) is 13.2 Å². The smallest absolute Gasteiger partial charge is 0.337 e. The van der Waals surface area contributed by atoms with E-state index in [0.29, 0.717) is 11.3 Å². The molecule has 7 heteroatoms. The van der Waals surface area contributed by atoms with Crippen LogP contribution >= 0.6 is 0 Å². The predicted molar refractivity (Wildman–Crippen MR) is 79.7 cm³/mol. The lowest BCUT2D eigenvalue weighted by atomic mass is 10.2. The summed E-state index contributed by atoms with van der Waals surface area (Å²) in [6.07, 6.45) is 0. The first-order valence-corrected chi connectivity index (χ1v) is 7.66. The van der Waals surface area contributed by atoms with Gasteiger partial charge < -0.3 is 4.74 Å². The van der Waals surface area contributed by atoms with Crippen LogP contribution in [0.1, 0.15) is 15.9 Å². The summed E-state index contributed by atoms with van der Waals surface area (Å²) in [4.78, 5) is 11.4. The molecule has 0 aliphatic carbocycles. The van der Waals surface area contributed by atoms with Gasteiger partial charge in [0.2, 0.25) is 0 Å². The Bertz CT molecular complexity index is 837. The van der Waals surface area contributed by atoms with Crippen LogP contribution in [-0.4, -0.2) is 21.5 Å². The summed E-state index contributed by atoms with van der Waals surface area (Å²) >= 11 is 0. The van der Waals surface area contributed by atoms with Gasteiger partial charge in [-0.05, 0) is 42.5 Å². The first-order valence-electron chi connectivity index (χ1n) is 6.17. The van der Waals surface area contributed by atoms with Crippen LogP contribution in [0.3, 0.4) is 0 Å². The van der Waals surface area contributed by atoms with Gasteiger partial charge in [-0.15, -0.1) is 0 Å². The monoisotopic (exact) mass is 316 g/mol. The minimum atomic E-state index is -3.84. The molecule has 0 unspecified atom stereocenters. The molecule has 0 fully saturated rings. The second-order valence-electron chi connectivity index (χ2n) is 4.31. The van der Waals surface area contributed by atoms with Crippen molar-refractivity contribution in [2.75, 3.05) is 11.8 Å². The first-order chi connectivity index (χ1) is 10.5. The number of ether oxygens (including phenoxy) is 1. The van der Waals surface area contributed by atoms with Crippen molar-refractivity contribution in [2.45, 2.75) is 4.90 Å². The number of benzene rings is 2. The van der Waals surface area contributed by atoms with Gasteiger partial charge in [0.25, 0.3) is 10.0 Å². The zero-order valence-electron chi connectivity index (χ0n) is 11.6. The maximum atomic E-state index is 12.3. The molecule has 0 atom stereocenters. The molecule has 2 aromatic rings. The van der Waals surface area contributed by atoms with E-state index in [9.17, 15) is 13.2 Å². The minimum Gasteiger partial charge on any atom is -0.465 e. The number of hydrogen-bond donors (Lipinski definition) is 1. The molecule has 0 spiro atoms. The molecule has 0 saturated heterocycles. The number of carbonyl (C=O) groups is 1. The van der Waals surface area contributed by atoms with Crippen molar-refractivity contribution in [1.29, 1.82) is 5.26 Å². The van der Waals surface area contributed by atoms with Crippen molar-refractivity contribution in [3.8, 4) is 6.07 Å². The zero-order valence-corrected chi connectivity index (χ0v) is 12.4. The number of rotatable bonds is 4. The largest absolute Gasteiger partial charge is 0.465 e. The van der Waals surface area contributed by atoms with Crippen LogP contribution in [0, 0.1) is 11.3 Å². The molecule has 1 N–H and O–H groups in total. The molecule has 0 bridgehead atoms. The second-order valence-corrected chi connectivity index (χ2v) is 6.00. The second kappa shape index (κ2) is 6.28. The SMILES string of the molecule is COC(=O)c1cccc(S(=O)(=O)Nc2ccc(C#N)cc2)c1. The molecule has 6 nitrogen and oxygen atoms in total. The summed E-state index contributed by atoms with van der Waals surface area (Å²) in [5, 5.41) is 8.71. The van der Waals surface area contributed by atoms with Crippen molar-refractivity contribution in [3.05, 3.63) is 59.7 Å². The van der Waals surface area contributed by atoms with E-state index < -0.39 is 16.0 Å². The Labute approximate surface area is 128 Å². The van der Waals surface area contributed by atoms with E-state index >= 15 is 0 Å². The first kappa shape index (κ1) is 15.5. The number of methoxy groups -OCH3 is 1. The highest BCUT2D eigenvalue weighted by Gasteiger charge is 2.16. The number of carbonyl (C=O) groups excluding carboxylic acids is 1. The van der Waals surface area contributed by atoms with Crippen LogP contribution < -0.4 is 4.72 Å². The van der Waals surface area contributed by atoms with Crippen molar-refractivity contribution >= 4 is 21.7 Å². The summed E-state index contributed by atoms with van der Waals surface area (Å²) in [5.41, 5.74) is 0.892. The number of nitrogens with zero attached hydrogens (tertiary/aromatic N) is 1. The molecule has 0 amide bonds. The molecule has 0 heterocycles. The summed E-state index contributed by atoms with van der Waals surface area (Å²) < 4.78 is 31.5. The Morgan fingerprint density at radius 3 is 2.45 bits per heavy atom. The van der Waals surface area contributed by atoms with Gasteiger partial charge in [-0.1, -0.05) is 6.07 Å². The van der Waals surface area contributed by atoms with E-state index in [4.69, 9.17) is 5.26 Å². The lowest BCUT2D eigenvalue weighted by Crippen LogP contribution is -2.14. The van der Waals surface area contributed by atoms with E-state index in [0.717, 1.165) is 0 Å².